The number of thiazole rings is 1. The molecule has 0 aliphatic carbocycles. The maximum absolute atomic E-state index is 4.09. The zero-order chi connectivity index (χ0) is 11.2. The zero-order valence-electron chi connectivity index (χ0n) is 9.35. The van der Waals surface area contributed by atoms with Crippen LogP contribution in [0.1, 0.15) is 35.6 Å². The lowest BCUT2D eigenvalue weighted by Gasteiger charge is -2.15. The Morgan fingerprint density at radius 1 is 1.44 bits per heavy atom. The van der Waals surface area contributed by atoms with Crippen molar-refractivity contribution in [2.75, 3.05) is 0 Å². The average Bonchev–Trinajstić information content (AvgIpc) is 2.96. The second-order valence-corrected chi connectivity index (χ2v) is 5.66. The molecule has 2 aromatic heterocycles. The Balaban J connectivity index is 1.93. The third-order valence-electron chi connectivity index (χ3n) is 2.47. The highest BCUT2D eigenvalue weighted by molar-refractivity contribution is 7.10. The van der Waals surface area contributed by atoms with Crippen LogP contribution in [0.5, 0.6) is 0 Å². The zero-order valence-corrected chi connectivity index (χ0v) is 11.0. The summed E-state index contributed by atoms with van der Waals surface area (Å²) in [7, 11) is 0. The summed E-state index contributed by atoms with van der Waals surface area (Å²) in [5.41, 5.74) is 1.89. The van der Waals surface area contributed by atoms with Gasteiger partial charge >= 0.3 is 0 Å². The maximum Gasteiger partial charge on any atom is 0.0794 e. The summed E-state index contributed by atoms with van der Waals surface area (Å²) in [4.78, 5) is 6.83. The van der Waals surface area contributed by atoms with Crippen LogP contribution in [0.25, 0.3) is 0 Å². The van der Waals surface area contributed by atoms with Crippen molar-refractivity contribution in [1.82, 2.24) is 10.3 Å². The Morgan fingerprint density at radius 2 is 2.38 bits per heavy atom. The van der Waals surface area contributed by atoms with Crippen molar-refractivity contribution < 1.29 is 0 Å². The Kier molecular flexibility index (Phi) is 4.51. The van der Waals surface area contributed by atoms with Gasteiger partial charge in [0.05, 0.1) is 5.51 Å². The fraction of sp³-hybridized carbons (Fsp3) is 0.417. The van der Waals surface area contributed by atoms with Crippen molar-refractivity contribution in [3.63, 3.8) is 0 Å². The second kappa shape index (κ2) is 6.13. The Bertz CT molecular complexity index is 381. The van der Waals surface area contributed by atoms with Gasteiger partial charge in [-0.3, -0.25) is 4.98 Å². The molecule has 2 aromatic rings. The predicted molar refractivity (Wildman–Crippen MR) is 70.9 cm³/mol. The van der Waals surface area contributed by atoms with Gasteiger partial charge in [-0.1, -0.05) is 19.4 Å². The van der Waals surface area contributed by atoms with Crippen LogP contribution < -0.4 is 5.32 Å². The number of hydrogen-bond acceptors (Lipinski definition) is 4. The van der Waals surface area contributed by atoms with E-state index >= 15 is 0 Å². The summed E-state index contributed by atoms with van der Waals surface area (Å²) in [6.45, 7) is 3.15. The fourth-order valence-electron chi connectivity index (χ4n) is 1.68. The topological polar surface area (TPSA) is 24.9 Å². The van der Waals surface area contributed by atoms with Crippen LogP contribution in [-0.4, -0.2) is 4.98 Å². The van der Waals surface area contributed by atoms with E-state index in [4.69, 9.17) is 0 Å². The van der Waals surface area contributed by atoms with Crippen LogP contribution in [0.4, 0.5) is 0 Å². The number of nitrogens with zero attached hydrogens (tertiary/aromatic N) is 1. The number of aromatic nitrogens is 1. The maximum atomic E-state index is 4.09. The van der Waals surface area contributed by atoms with Crippen molar-refractivity contribution in [2.45, 2.75) is 32.4 Å². The van der Waals surface area contributed by atoms with Crippen molar-refractivity contribution in [1.29, 1.82) is 0 Å². The fourth-order valence-corrected chi connectivity index (χ4v) is 3.06. The molecule has 0 amide bonds. The van der Waals surface area contributed by atoms with Crippen LogP contribution >= 0.6 is 22.7 Å². The quantitative estimate of drug-likeness (QED) is 0.845. The standard InChI is InChI=1S/C12H16N2S2/c1-2-4-11(12-5-3-6-15-12)14-8-10-7-13-9-16-10/h3,5-7,9,11,14H,2,4,8H2,1H3. The van der Waals surface area contributed by atoms with Gasteiger partial charge in [-0.2, -0.15) is 0 Å². The summed E-state index contributed by atoms with van der Waals surface area (Å²) < 4.78 is 0. The Hall–Kier alpha value is -0.710. The first-order valence-electron chi connectivity index (χ1n) is 5.54. The van der Waals surface area contributed by atoms with Gasteiger partial charge in [-0.25, -0.2) is 0 Å². The molecule has 0 saturated carbocycles. The third kappa shape index (κ3) is 3.14. The lowest BCUT2D eigenvalue weighted by molar-refractivity contribution is 0.503. The van der Waals surface area contributed by atoms with Gasteiger partial charge in [0.1, 0.15) is 0 Å². The van der Waals surface area contributed by atoms with Gasteiger partial charge in [0, 0.05) is 28.5 Å². The van der Waals surface area contributed by atoms with E-state index in [9.17, 15) is 0 Å². The van der Waals surface area contributed by atoms with E-state index in [0.717, 1.165) is 6.54 Å². The van der Waals surface area contributed by atoms with Crippen molar-refractivity contribution in [3.05, 3.63) is 39.0 Å². The monoisotopic (exact) mass is 252 g/mol. The van der Waals surface area contributed by atoms with Gasteiger partial charge in [-0.05, 0) is 17.9 Å². The lowest BCUT2D eigenvalue weighted by Crippen LogP contribution is -2.19. The molecule has 0 spiro atoms. The van der Waals surface area contributed by atoms with Gasteiger partial charge in [0.25, 0.3) is 0 Å². The third-order valence-corrected chi connectivity index (χ3v) is 4.24. The molecule has 0 bridgehead atoms. The SMILES string of the molecule is CCCC(NCc1cncs1)c1cccs1. The second-order valence-electron chi connectivity index (χ2n) is 3.71. The summed E-state index contributed by atoms with van der Waals surface area (Å²) in [5.74, 6) is 0. The molecular formula is C12H16N2S2. The molecule has 0 aliphatic rings. The van der Waals surface area contributed by atoms with Crippen molar-refractivity contribution in [2.24, 2.45) is 0 Å². The summed E-state index contributed by atoms with van der Waals surface area (Å²) in [6.07, 6.45) is 4.34. The largest absolute Gasteiger partial charge is 0.304 e. The molecule has 2 nitrogen and oxygen atoms in total. The van der Waals surface area contributed by atoms with Gasteiger partial charge in [0.15, 0.2) is 0 Å². The lowest BCUT2D eigenvalue weighted by atomic mass is 10.1. The molecular weight excluding hydrogens is 236 g/mol. The predicted octanol–water partition coefficient (Wildman–Crippen LogP) is 3.84. The Labute approximate surface area is 104 Å². The molecule has 1 N–H and O–H groups in total. The molecule has 0 radical (unpaired) electrons. The molecule has 86 valence electrons. The number of thiophene rings is 1. The van der Waals surface area contributed by atoms with Crippen molar-refractivity contribution in [3.8, 4) is 0 Å². The molecule has 0 saturated heterocycles. The van der Waals surface area contributed by atoms with E-state index in [1.54, 1.807) is 11.3 Å². The smallest absolute Gasteiger partial charge is 0.0794 e. The molecule has 16 heavy (non-hydrogen) atoms. The number of nitrogens with one attached hydrogen (secondary N) is 1. The van der Waals surface area contributed by atoms with Crippen molar-refractivity contribution >= 4 is 22.7 Å². The van der Waals surface area contributed by atoms with E-state index in [2.05, 4.69) is 34.7 Å². The summed E-state index contributed by atoms with van der Waals surface area (Å²) in [5, 5.41) is 5.75. The van der Waals surface area contributed by atoms with Crippen LogP contribution in [0.3, 0.4) is 0 Å². The highest BCUT2D eigenvalue weighted by atomic mass is 32.1. The van der Waals surface area contributed by atoms with Crippen LogP contribution in [0.2, 0.25) is 0 Å². The van der Waals surface area contributed by atoms with E-state index < -0.39 is 0 Å². The van der Waals surface area contributed by atoms with E-state index in [1.165, 1.54) is 22.6 Å². The normalized spacial score (nSPS) is 12.8. The average molecular weight is 252 g/mol. The van der Waals surface area contributed by atoms with Crippen LogP contribution in [-0.2, 0) is 6.54 Å². The van der Waals surface area contributed by atoms with Crippen LogP contribution in [0, 0.1) is 0 Å². The van der Waals surface area contributed by atoms with Gasteiger partial charge in [-0.15, -0.1) is 22.7 Å². The highest BCUT2D eigenvalue weighted by Crippen LogP contribution is 2.23. The molecule has 0 aromatic carbocycles. The Morgan fingerprint density at radius 3 is 3.00 bits per heavy atom. The summed E-state index contributed by atoms with van der Waals surface area (Å²) in [6, 6.07) is 4.83. The van der Waals surface area contributed by atoms with Gasteiger partial charge < -0.3 is 5.32 Å². The van der Waals surface area contributed by atoms with E-state index in [0.29, 0.717) is 6.04 Å². The first kappa shape index (κ1) is 11.8. The molecule has 1 atom stereocenters. The molecule has 2 heterocycles. The van der Waals surface area contributed by atoms with E-state index in [-0.39, 0.29) is 0 Å². The van der Waals surface area contributed by atoms with E-state index in [1.807, 2.05) is 23.0 Å². The molecule has 4 heteroatoms. The minimum atomic E-state index is 0.493. The molecule has 0 aliphatic heterocycles. The van der Waals surface area contributed by atoms with Gasteiger partial charge in [0.2, 0.25) is 0 Å². The summed E-state index contributed by atoms with van der Waals surface area (Å²) >= 11 is 3.54. The number of rotatable bonds is 6. The first-order chi connectivity index (χ1) is 7.90. The molecule has 1 unspecified atom stereocenters. The van der Waals surface area contributed by atoms with Crippen LogP contribution in [0.15, 0.2) is 29.2 Å². The minimum Gasteiger partial charge on any atom is -0.304 e. The molecule has 2 rings (SSSR count). The molecule has 0 fully saturated rings. The number of hydrogen-bond donors (Lipinski definition) is 1. The first-order valence-corrected chi connectivity index (χ1v) is 7.30. The minimum absolute atomic E-state index is 0.493. The highest BCUT2D eigenvalue weighted by Gasteiger charge is 2.10.